The average molecular weight is 399 g/mol. The molecule has 1 amide bonds. The van der Waals surface area contributed by atoms with Gasteiger partial charge in [-0.3, -0.25) is 4.79 Å². The molecule has 5 nitrogen and oxygen atoms in total. The van der Waals surface area contributed by atoms with Crippen molar-refractivity contribution in [1.29, 1.82) is 0 Å². The highest BCUT2D eigenvalue weighted by Crippen LogP contribution is 2.28. The molecule has 4 aromatic rings. The number of aryl methyl sites for hydroxylation is 2. The molecule has 30 heavy (non-hydrogen) atoms. The number of pyridine rings is 1. The van der Waals surface area contributed by atoms with E-state index in [1.54, 1.807) is 6.20 Å². The van der Waals surface area contributed by atoms with Crippen LogP contribution in [0.2, 0.25) is 0 Å². The molecule has 0 saturated heterocycles. The van der Waals surface area contributed by atoms with E-state index in [0.29, 0.717) is 5.56 Å². The lowest BCUT2D eigenvalue weighted by molar-refractivity contribution is 0.102. The minimum atomic E-state index is -0.146. The van der Waals surface area contributed by atoms with E-state index in [9.17, 15) is 4.79 Å². The van der Waals surface area contributed by atoms with E-state index in [0.717, 1.165) is 45.5 Å². The van der Waals surface area contributed by atoms with Gasteiger partial charge in [-0.05, 0) is 44.4 Å². The van der Waals surface area contributed by atoms with E-state index in [-0.39, 0.29) is 11.9 Å². The number of nitrogens with zero attached hydrogens (tertiary/aromatic N) is 3. The second kappa shape index (κ2) is 8.11. The van der Waals surface area contributed by atoms with Gasteiger partial charge in [-0.25, -0.2) is 9.67 Å². The number of nitrogens with one attached hydrogen (secondary N) is 1. The predicted molar refractivity (Wildman–Crippen MR) is 122 cm³/mol. The SMILES string of the molecule is CCc1cccc(C)c1NC(=O)c1cc(-c2ccccc2)nc2c1cnn2C(C)C. The molecule has 0 aliphatic heterocycles. The van der Waals surface area contributed by atoms with Gasteiger partial charge in [0.2, 0.25) is 0 Å². The molecule has 0 atom stereocenters. The Morgan fingerprint density at radius 3 is 2.57 bits per heavy atom. The maximum atomic E-state index is 13.4. The second-order valence-electron chi connectivity index (χ2n) is 7.76. The Balaban J connectivity index is 1.86. The monoisotopic (exact) mass is 398 g/mol. The summed E-state index contributed by atoms with van der Waals surface area (Å²) in [5.41, 5.74) is 6.08. The third kappa shape index (κ3) is 3.59. The van der Waals surface area contributed by atoms with Crippen molar-refractivity contribution in [2.24, 2.45) is 0 Å². The van der Waals surface area contributed by atoms with E-state index in [1.807, 2.05) is 60.1 Å². The molecule has 1 N–H and O–H groups in total. The molecule has 4 rings (SSSR count). The zero-order valence-electron chi connectivity index (χ0n) is 17.8. The highest BCUT2D eigenvalue weighted by molar-refractivity contribution is 6.13. The lowest BCUT2D eigenvalue weighted by Crippen LogP contribution is -2.15. The normalized spacial score (nSPS) is 11.2. The quantitative estimate of drug-likeness (QED) is 0.462. The van der Waals surface area contributed by atoms with Gasteiger partial charge in [0, 0.05) is 17.3 Å². The van der Waals surface area contributed by atoms with Crippen LogP contribution < -0.4 is 5.32 Å². The molecule has 0 unspecified atom stereocenters. The molecular formula is C25H26N4O. The van der Waals surface area contributed by atoms with Crippen LogP contribution in [0.3, 0.4) is 0 Å². The Kier molecular flexibility index (Phi) is 5.36. The van der Waals surface area contributed by atoms with Gasteiger partial charge in [0.1, 0.15) is 0 Å². The molecule has 0 saturated carbocycles. The van der Waals surface area contributed by atoms with Crippen LogP contribution in [0.1, 0.15) is 48.3 Å². The third-order valence-electron chi connectivity index (χ3n) is 5.35. The fraction of sp³-hybridized carbons (Fsp3) is 0.240. The number of hydrogen-bond donors (Lipinski definition) is 1. The zero-order chi connectivity index (χ0) is 21.3. The van der Waals surface area contributed by atoms with Gasteiger partial charge in [-0.15, -0.1) is 0 Å². The first-order valence-corrected chi connectivity index (χ1v) is 10.3. The van der Waals surface area contributed by atoms with Gasteiger partial charge >= 0.3 is 0 Å². The van der Waals surface area contributed by atoms with Crippen LogP contribution in [-0.2, 0) is 6.42 Å². The number of benzene rings is 2. The van der Waals surface area contributed by atoms with Crippen LogP contribution in [0.5, 0.6) is 0 Å². The smallest absolute Gasteiger partial charge is 0.256 e. The molecule has 2 heterocycles. The van der Waals surface area contributed by atoms with Crippen molar-refractivity contribution in [3.8, 4) is 11.3 Å². The lowest BCUT2D eigenvalue weighted by Gasteiger charge is -2.14. The summed E-state index contributed by atoms with van der Waals surface area (Å²) in [6, 6.07) is 18.0. The molecule has 0 bridgehead atoms. The first-order valence-electron chi connectivity index (χ1n) is 10.3. The Hall–Kier alpha value is -3.47. The van der Waals surface area contributed by atoms with Gasteiger partial charge in [0.25, 0.3) is 5.91 Å². The standard InChI is InChI=1S/C25H26N4O/c1-5-18-13-9-10-17(4)23(18)28-25(30)20-14-22(19-11-7-6-8-12-19)27-24-21(20)15-26-29(24)16(2)3/h6-16H,5H2,1-4H3,(H,28,30). The minimum absolute atomic E-state index is 0.139. The van der Waals surface area contributed by atoms with Crippen molar-refractivity contribution in [2.75, 3.05) is 5.32 Å². The molecule has 0 radical (unpaired) electrons. The maximum Gasteiger partial charge on any atom is 0.256 e. The number of aromatic nitrogens is 3. The zero-order valence-corrected chi connectivity index (χ0v) is 17.8. The molecule has 0 fully saturated rings. The fourth-order valence-corrected chi connectivity index (χ4v) is 3.72. The highest BCUT2D eigenvalue weighted by atomic mass is 16.1. The van der Waals surface area contributed by atoms with Crippen LogP contribution in [0.15, 0.2) is 60.8 Å². The van der Waals surface area contributed by atoms with Crippen molar-refractivity contribution in [3.63, 3.8) is 0 Å². The number of carbonyl (C=O) groups excluding carboxylic acids is 1. The van der Waals surface area contributed by atoms with E-state index >= 15 is 0 Å². The number of amides is 1. The van der Waals surface area contributed by atoms with Crippen LogP contribution in [0.4, 0.5) is 5.69 Å². The van der Waals surface area contributed by atoms with Crippen molar-refractivity contribution in [1.82, 2.24) is 14.8 Å². The van der Waals surface area contributed by atoms with E-state index in [1.165, 1.54) is 0 Å². The number of fused-ring (bicyclic) bond motifs is 1. The Labute approximate surface area is 176 Å². The first-order chi connectivity index (χ1) is 14.5. The summed E-state index contributed by atoms with van der Waals surface area (Å²) >= 11 is 0. The van der Waals surface area contributed by atoms with Gasteiger partial charge in [-0.2, -0.15) is 5.10 Å². The Morgan fingerprint density at radius 2 is 1.87 bits per heavy atom. The van der Waals surface area contributed by atoms with E-state index < -0.39 is 0 Å². The van der Waals surface area contributed by atoms with Crippen molar-refractivity contribution < 1.29 is 4.79 Å². The summed E-state index contributed by atoms with van der Waals surface area (Å²) < 4.78 is 1.86. The van der Waals surface area contributed by atoms with E-state index in [2.05, 4.69) is 37.3 Å². The first kappa shape index (κ1) is 19.8. The minimum Gasteiger partial charge on any atom is -0.321 e. The molecule has 0 spiro atoms. The largest absolute Gasteiger partial charge is 0.321 e. The summed E-state index contributed by atoms with van der Waals surface area (Å²) in [7, 11) is 0. The maximum absolute atomic E-state index is 13.4. The van der Waals surface area contributed by atoms with Crippen molar-refractivity contribution in [2.45, 2.75) is 40.2 Å². The molecular weight excluding hydrogens is 372 g/mol. The van der Waals surface area contributed by atoms with Gasteiger partial charge in [0.05, 0.1) is 22.8 Å². The Bertz CT molecular complexity index is 1210. The summed E-state index contributed by atoms with van der Waals surface area (Å²) in [5.74, 6) is -0.146. The van der Waals surface area contributed by atoms with Crippen LogP contribution >= 0.6 is 0 Å². The molecule has 152 valence electrons. The third-order valence-corrected chi connectivity index (χ3v) is 5.35. The van der Waals surface area contributed by atoms with Gasteiger partial charge in [-0.1, -0.05) is 55.5 Å². The van der Waals surface area contributed by atoms with Crippen LogP contribution in [0.25, 0.3) is 22.3 Å². The molecule has 2 aromatic heterocycles. The van der Waals surface area contributed by atoms with Crippen molar-refractivity contribution in [3.05, 3.63) is 77.5 Å². The summed E-state index contributed by atoms with van der Waals surface area (Å²) in [4.78, 5) is 18.3. The van der Waals surface area contributed by atoms with Gasteiger partial charge in [0.15, 0.2) is 5.65 Å². The van der Waals surface area contributed by atoms with Crippen molar-refractivity contribution >= 4 is 22.6 Å². The topological polar surface area (TPSA) is 59.8 Å². The fourth-order valence-electron chi connectivity index (χ4n) is 3.72. The van der Waals surface area contributed by atoms with Crippen LogP contribution in [0, 0.1) is 6.92 Å². The Morgan fingerprint density at radius 1 is 1.10 bits per heavy atom. The lowest BCUT2D eigenvalue weighted by atomic mass is 10.0. The summed E-state index contributed by atoms with van der Waals surface area (Å²) in [6.07, 6.45) is 2.59. The summed E-state index contributed by atoms with van der Waals surface area (Å²) in [6.45, 7) is 8.23. The van der Waals surface area contributed by atoms with Gasteiger partial charge < -0.3 is 5.32 Å². The van der Waals surface area contributed by atoms with E-state index in [4.69, 9.17) is 4.98 Å². The second-order valence-corrected chi connectivity index (χ2v) is 7.76. The average Bonchev–Trinajstić information content (AvgIpc) is 3.19. The number of hydrogen-bond acceptors (Lipinski definition) is 3. The number of carbonyl (C=O) groups is 1. The number of rotatable bonds is 5. The number of para-hydroxylation sites is 1. The molecule has 5 heteroatoms. The molecule has 0 aliphatic carbocycles. The molecule has 2 aromatic carbocycles. The number of anilines is 1. The summed E-state index contributed by atoms with van der Waals surface area (Å²) in [5, 5.41) is 8.41. The predicted octanol–water partition coefficient (Wildman–Crippen LogP) is 5.80. The highest BCUT2D eigenvalue weighted by Gasteiger charge is 2.19. The molecule has 0 aliphatic rings. The van der Waals surface area contributed by atoms with Crippen LogP contribution in [-0.4, -0.2) is 20.7 Å².